The molecule has 0 spiro atoms. The predicted octanol–water partition coefficient (Wildman–Crippen LogP) is 2.51. The van der Waals surface area contributed by atoms with Crippen LogP contribution in [0.3, 0.4) is 0 Å². The molecule has 3 nitrogen and oxygen atoms in total. The molecule has 0 aromatic carbocycles. The summed E-state index contributed by atoms with van der Waals surface area (Å²) in [7, 11) is 1.83. The Labute approximate surface area is 124 Å². The Balaban J connectivity index is 1.60. The first-order chi connectivity index (χ1) is 9.63. The highest BCUT2D eigenvalue weighted by Crippen LogP contribution is 2.50. The fourth-order valence-electron chi connectivity index (χ4n) is 3.92. The van der Waals surface area contributed by atoms with Gasteiger partial charge in [0.05, 0.1) is 0 Å². The minimum atomic E-state index is 0.592. The smallest absolute Gasteiger partial charge is 0.0468 e. The van der Waals surface area contributed by atoms with Gasteiger partial charge in [-0.2, -0.15) is 0 Å². The van der Waals surface area contributed by atoms with Crippen LogP contribution >= 0.6 is 0 Å². The van der Waals surface area contributed by atoms with Crippen molar-refractivity contribution in [2.75, 3.05) is 33.4 Å². The highest BCUT2D eigenvalue weighted by atomic mass is 16.5. The number of hydrogen-bond acceptors (Lipinski definition) is 3. The molecule has 0 aromatic heterocycles. The monoisotopic (exact) mass is 280 g/mol. The highest BCUT2D eigenvalue weighted by molar-refractivity contribution is 5.01. The molecule has 3 rings (SSSR count). The van der Waals surface area contributed by atoms with Crippen molar-refractivity contribution < 1.29 is 4.74 Å². The van der Waals surface area contributed by atoms with Gasteiger partial charge in [-0.15, -0.1) is 0 Å². The van der Waals surface area contributed by atoms with Gasteiger partial charge in [0.15, 0.2) is 0 Å². The minimum Gasteiger partial charge on any atom is -0.385 e. The van der Waals surface area contributed by atoms with Gasteiger partial charge in [-0.25, -0.2) is 0 Å². The van der Waals surface area contributed by atoms with Crippen LogP contribution in [0.1, 0.15) is 46.0 Å². The molecule has 0 radical (unpaired) electrons. The summed E-state index contributed by atoms with van der Waals surface area (Å²) in [5.74, 6) is 1.72. The SMILES string of the molecule is COCCC1(CN2CC(C3CC3)NCC2C(C)C)CC1. The second kappa shape index (κ2) is 5.94. The Kier molecular flexibility index (Phi) is 4.40. The maximum atomic E-state index is 5.32. The van der Waals surface area contributed by atoms with Crippen LogP contribution in [-0.2, 0) is 4.74 Å². The second-order valence-corrected chi connectivity index (χ2v) is 7.84. The lowest BCUT2D eigenvalue weighted by atomic mass is 9.93. The van der Waals surface area contributed by atoms with Crippen LogP contribution in [0, 0.1) is 17.3 Å². The van der Waals surface area contributed by atoms with Crippen molar-refractivity contribution in [3.63, 3.8) is 0 Å². The molecule has 2 aliphatic carbocycles. The van der Waals surface area contributed by atoms with Gasteiger partial charge in [-0.05, 0) is 49.4 Å². The average Bonchev–Trinajstić information content (AvgIpc) is 3.31. The van der Waals surface area contributed by atoms with E-state index in [1.807, 2.05) is 7.11 Å². The third-order valence-corrected chi connectivity index (χ3v) is 5.78. The molecule has 20 heavy (non-hydrogen) atoms. The summed E-state index contributed by atoms with van der Waals surface area (Å²) in [6.07, 6.45) is 6.99. The fourth-order valence-corrected chi connectivity index (χ4v) is 3.92. The van der Waals surface area contributed by atoms with Crippen molar-refractivity contribution in [2.45, 2.75) is 58.0 Å². The molecule has 2 atom stereocenters. The third-order valence-electron chi connectivity index (χ3n) is 5.78. The number of hydrogen-bond donors (Lipinski definition) is 1. The summed E-state index contributed by atoms with van der Waals surface area (Å²) in [4.78, 5) is 2.83. The van der Waals surface area contributed by atoms with Gasteiger partial charge in [0.2, 0.25) is 0 Å². The van der Waals surface area contributed by atoms with Crippen molar-refractivity contribution in [3.8, 4) is 0 Å². The van der Waals surface area contributed by atoms with Crippen LogP contribution in [0.4, 0.5) is 0 Å². The van der Waals surface area contributed by atoms with E-state index in [1.165, 1.54) is 51.7 Å². The standard InChI is InChI=1S/C17H32N2O/c1-13(2)16-10-18-15(14-4-5-14)11-19(16)12-17(6-7-17)8-9-20-3/h13-16,18H,4-12H2,1-3H3. The largest absolute Gasteiger partial charge is 0.385 e. The molecular formula is C17H32N2O. The lowest BCUT2D eigenvalue weighted by Crippen LogP contribution is -2.60. The topological polar surface area (TPSA) is 24.5 Å². The van der Waals surface area contributed by atoms with Gasteiger partial charge >= 0.3 is 0 Å². The maximum absolute atomic E-state index is 5.32. The molecule has 0 bridgehead atoms. The number of nitrogens with one attached hydrogen (secondary N) is 1. The quantitative estimate of drug-likeness (QED) is 0.775. The summed E-state index contributed by atoms with van der Waals surface area (Å²) in [6.45, 7) is 9.48. The van der Waals surface area contributed by atoms with Gasteiger partial charge in [-0.1, -0.05) is 13.8 Å². The van der Waals surface area contributed by atoms with E-state index in [2.05, 4.69) is 24.1 Å². The van der Waals surface area contributed by atoms with Gasteiger partial charge in [0.25, 0.3) is 0 Å². The average molecular weight is 280 g/mol. The Bertz CT molecular complexity index is 323. The van der Waals surface area contributed by atoms with Crippen LogP contribution < -0.4 is 5.32 Å². The summed E-state index contributed by atoms with van der Waals surface area (Å²) < 4.78 is 5.32. The van der Waals surface area contributed by atoms with Gasteiger partial charge in [0.1, 0.15) is 0 Å². The number of rotatable bonds is 7. The zero-order valence-electron chi connectivity index (χ0n) is 13.5. The number of nitrogens with zero attached hydrogens (tertiary/aromatic N) is 1. The zero-order chi connectivity index (χ0) is 14.2. The maximum Gasteiger partial charge on any atom is 0.0468 e. The zero-order valence-corrected chi connectivity index (χ0v) is 13.5. The van der Waals surface area contributed by atoms with Crippen molar-refractivity contribution in [1.29, 1.82) is 0 Å². The number of piperazine rings is 1. The summed E-state index contributed by atoms with van der Waals surface area (Å²) in [5.41, 5.74) is 0.592. The van der Waals surface area contributed by atoms with E-state index in [1.54, 1.807) is 0 Å². The molecule has 0 aromatic rings. The van der Waals surface area contributed by atoms with E-state index >= 15 is 0 Å². The first-order valence-corrected chi connectivity index (χ1v) is 8.60. The molecule has 2 unspecified atom stereocenters. The highest BCUT2D eigenvalue weighted by Gasteiger charge is 2.46. The van der Waals surface area contributed by atoms with Crippen LogP contribution in [0.5, 0.6) is 0 Å². The van der Waals surface area contributed by atoms with E-state index in [0.29, 0.717) is 5.41 Å². The Morgan fingerprint density at radius 2 is 2.05 bits per heavy atom. The van der Waals surface area contributed by atoms with Crippen molar-refractivity contribution in [2.24, 2.45) is 17.3 Å². The van der Waals surface area contributed by atoms with Crippen LogP contribution in [0.15, 0.2) is 0 Å². The summed E-state index contributed by atoms with van der Waals surface area (Å²) in [5, 5.41) is 3.83. The van der Waals surface area contributed by atoms with E-state index < -0.39 is 0 Å². The normalized spacial score (nSPS) is 33.6. The lowest BCUT2D eigenvalue weighted by Gasteiger charge is -2.44. The fraction of sp³-hybridized carbons (Fsp3) is 1.00. The number of ether oxygens (including phenoxy) is 1. The molecule has 116 valence electrons. The summed E-state index contributed by atoms with van der Waals surface area (Å²) >= 11 is 0. The van der Waals surface area contributed by atoms with Crippen molar-refractivity contribution in [1.82, 2.24) is 10.2 Å². The van der Waals surface area contributed by atoms with Crippen LogP contribution in [-0.4, -0.2) is 50.3 Å². The Hall–Kier alpha value is -0.120. The van der Waals surface area contributed by atoms with Gasteiger partial charge in [0, 0.05) is 45.4 Å². The molecular weight excluding hydrogens is 248 g/mol. The Morgan fingerprint density at radius 1 is 1.30 bits per heavy atom. The van der Waals surface area contributed by atoms with Gasteiger partial charge < -0.3 is 10.1 Å². The molecule has 3 fully saturated rings. The first-order valence-electron chi connectivity index (χ1n) is 8.60. The molecule has 3 heteroatoms. The molecule has 3 aliphatic rings. The molecule has 1 aliphatic heterocycles. The Morgan fingerprint density at radius 3 is 2.60 bits per heavy atom. The number of methoxy groups -OCH3 is 1. The molecule has 1 saturated heterocycles. The molecule has 0 amide bonds. The minimum absolute atomic E-state index is 0.592. The van der Waals surface area contributed by atoms with E-state index in [0.717, 1.165) is 30.5 Å². The second-order valence-electron chi connectivity index (χ2n) is 7.84. The van der Waals surface area contributed by atoms with Crippen LogP contribution in [0.2, 0.25) is 0 Å². The predicted molar refractivity (Wildman–Crippen MR) is 82.9 cm³/mol. The van der Waals surface area contributed by atoms with E-state index in [4.69, 9.17) is 4.74 Å². The van der Waals surface area contributed by atoms with Crippen LogP contribution in [0.25, 0.3) is 0 Å². The third kappa shape index (κ3) is 3.37. The summed E-state index contributed by atoms with van der Waals surface area (Å²) in [6, 6.07) is 1.49. The van der Waals surface area contributed by atoms with E-state index in [-0.39, 0.29) is 0 Å². The molecule has 2 saturated carbocycles. The lowest BCUT2D eigenvalue weighted by molar-refractivity contribution is 0.0620. The van der Waals surface area contributed by atoms with Crippen molar-refractivity contribution >= 4 is 0 Å². The van der Waals surface area contributed by atoms with Crippen molar-refractivity contribution in [3.05, 3.63) is 0 Å². The molecule has 1 heterocycles. The van der Waals surface area contributed by atoms with E-state index in [9.17, 15) is 0 Å². The first kappa shape index (κ1) is 14.8. The van der Waals surface area contributed by atoms with Gasteiger partial charge in [-0.3, -0.25) is 4.90 Å². The molecule has 1 N–H and O–H groups in total.